The minimum atomic E-state index is -1.07. The highest BCUT2D eigenvalue weighted by Gasteiger charge is 2.54. The second-order valence-electron chi connectivity index (χ2n) is 4.80. The molecule has 3 N–H and O–H groups in total. The Morgan fingerprint density at radius 3 is 2.62 bits per heavy atom. The molecule has 2 fully saturated rings. The van der Waals surface area contributed by atoms with Gasteiger partial charge in [-0.15, -0.1) is 0 Å². The largest absolute Gasteiger partial charge is 0.465 e. The molecular formula is C10H17NO5. The Bertz CT molecular complexity index is 293. The smallest absolute Gasteiger partial charge is 0.404 e. The van der Waals surface area contributed by atoms with Gasteiger partial charge in [0.15, 0.2) is 5.79 Å². The molecule has 1 heterocycles. The number of carbonyl (C=O) groups is 1. The van der Waals surface area contributed by atoms with Crippen molar-refractivity contribution in [3.05, 3.63) is 0 Å². The maximum Gasteiger partial charge on any atom is 0.404 e. The molecule has 4 atom stereocenters. The lowest BCUT2D eigenvalue weighted by Crippen LogP contribution is -2.42. The van der Waals surface area contributed by atoms with E-state index in [1.807, 2.05) is 0 Å². The van der Waals surface area contributed by atoms with Crippen LogP contribution in [0.4, 0.5) is 4.79 Å². The predicted molar refractivity (Wildman–Crippen MR) is 54.0 cm³/mol. The van der Waals surface area contributed by atoms with E-state index in [-0.39, 0.29) is 30.8 Å². The number of hydrogen-bond acceptors (Lipinski definition) is 4. The zero-order chi connectivity index (χ0) is 11.9. The van der Waals surface area contributed by atoms with Crippen LogP contribution in [0.25, 0.3) is 0 Å². The van der Waals surface area contributed by atoms with Crippen LogP contribution in [0.5, 0.6) is 0 Å². The predicted octanol–water partition coefficient (Wildman–Crippen LogP) is 0.155. The van der Waals surface area contributed by atoms with Gasteiger partial charge in [-0.2, -0.15) is 0 Å². The Hall–Kier alpha value is -0.850. The van der Waals surface area contributed by atoms with E-state index in [2.05, 4.69) is 5.32 Å². The van der Waals surface area contributed by atoms with Crippen molar-refractivity contribution in [1.82, 2.24) is 5.32 Å². The van der Waals surface area contributed by atoms with E-state index in [1.54, 1.807) is 13.8 Å². The van der Waals surface area contributed by atoms with Gasteiger partial charge in [0.1, 0.15) is 6.10 Å². The van der Waals surface area contributed by atoms with Crippen molar-refractivity contribution in [2.24, 2.45) is 5.92 Å². The summed E-state index contributed by atoms with van der Waals surface area (Å²) in [5.41, 5.74) is 0. The summed E-state index contributed by atoms with van der Waals surface area (Å²) in [6.45, 7) is 3.56. The van der Waals surface area contributed by atoms with Gasteiger partial charge in [0.25, 0.3) is 0 Å². The van der Waals surface area contributed by atoms with Crippen LogP contribution in [0.1, 0.15) is 20.3 Å². The number of carboxylic acid groups (broad SMARTS) is 1. The highest BCUT2D eigenvalue weighted by atomic mass is 16.8. The Kier molecular flexibility index (Phi) is 2.81. The maximum absolute atomic E-state index is 10.6. The normalized spacial score (nSPS) is 40.7. The van der Waals surface area contributed by atoms with Gasteiger partial charge in [0, 0.05) is 12.5 Å². The van der Waals surface area contributed by atoms with Crippen LogP contribution in [0.3, 0.4) is 0 Å². The summed E-state index contributed by atoms with van der Waals surface area (Å²) in [5, 5.41) is 20.4. The van der Waals surface area contributed by atoms with Gasteiger partial charge in [-0.1, -0.05) is 0 Å². The van der Waals surface area contributed by atoms with Gasteiger partial charge in [0.05, 0.1) is 12.1 Å². The molecule has 1 saturated heterocycles. The van der Waals surface area contributed by atoms with Crippen LogP contribution < -0.4 is 5.32 Å². The summed E-state index contributed by atoms with van der Waals surface area (Å²) in [4.78, 5) is 10.6. The SMILES string of the molecule is CC1(C)O[C@@H]2[C@@H](CO)C[C@@H](NC(=O)O)[C@@H]2O1. The lowest BCUT2D eigenvalue weighted by molar-refractivity contribution is -0.159. The van der Waals surface area contributed by atoms with E-state index in [1.165, 1.54) is 0 Å². The van der Waals surface area contributed by atoms with E-state index in [0.717, 1.165) is 0 Å². The molecule has 1 amide bonds. The van der Waals surface area contributed by atoms with E-state index >= 15 is 0 Å². The van der Waals surface area contributed by atoms with Crippen molar-refractivity contribution in [2.75, 3.05) is 6.61 Å². The Morgan fingerprint density at radius 2 is 2.06 bits per heavy atom. The number of ether oxygens (including phenoxy) is 2. The molecule has 0 aromatic carbocycles. The monoisotopic (exact) mass is 231 g/mol. The van der Waals surface area contributed by atoms with Crippen LogP contribution in [-0.4, -0.2) is 47.0 Å². The van der Waals surface area contributed by atoms with Crippen LogP contribution in [0.2, 0.25) is 0 Å². The molecule has 2 aliphatic rings. The Balaban J connectivity index is 2.11. The molecule has 1 aliphatic heterocycles. The third-order valence-corrected chi connectivity index (χ3v) is 3.12. The molecule has 0 aromatic heterocycles. The first-order valence-corrected chi connectivity index (χ1v) is 5.39. The molecule has 0 spiro atoms. The highest BCUT2D eigenvalue weighted by molar-refractivity contribution is 5.65. The van der Waals surface area contributed by atoms with Gasteiger partial charge < -0.3 is 25.0 Å². The van der Waals surface area contributed by atoms with E-state index in [0.29, 0.717) is 6.42 Å². The van der Waals surface area contributed by atoms with Crippen LogP contribution in [0, 0.1) is 5.92 Å². The fourth-order valence-corrected chi connectivity index (χ4v) is 2.57. The third kappa shape index (κ3) is 2.00. The standard InChI is InChI=1S/C10H17NO5/c1-10(2)15-7-5(4-12)3-6(8(7)16-10)11-9(13)14/h5-8,11-12H,3-4H2,1-2H3,(H,13,14)/t5-,6-,7-,8+/m1/s1. The van der Waals surface area contributed by atoms with Gasteiger partial charge in [-0.3, -0.25) is 0 Å². The number of rotatable bonds is 2. The molecule has 2 rings (SSSR count). The fourth-order valence-electron chi connectivity index (χ4n) is 2.57. The van der Waals surface area contributed by atoms with E-state index in [4.69, 9.17) is 14.6 Å². The topological polar surface area (TPSA) is 88.0 Å². The molecule has 0 aromatic rings. The van der Waals surface area contributed by atoms with Gasteiger partial charge in [0.2, 0.25) is 0 Å². The second-order valence-corrected chi connectivity index (χ2v) is 4.80. The maximum atomic E-state index is 10.6. The summed E-state index contributed by atoms with van der Waals surface area (Å²) < 4.78 is 11.3. The lowest BCUT2D eigenvalue weighted by Gasteiger charge is -2.22. The van der Waals surface area contributed by atoms with Crippen molar-refractivity contribution >= 4 is 6.09 Å². The third-order valence-electron chi connectivity index (χ3n) is 3.12. The van der Waals surface area contributed by atoms with Gasteiger partial charge >= 0.3 is 6.09 Å². The molecule has 16 heavy (non-hydrogen) atoms. The van der Waals surface area contributed by atoms with Crippen LogP contribution >= 0.6 is 0 Å². The number of amides is 1. The van der Waals surface area contributed by atoms with Gasteiger partial charge in [-0.05, 0) is 20.3 Å². The number of aliphatic hydroxyl groups is 1. The summed E-state index contributed by atoms with van der Waals surface area (Å²) in [6, 6.07) is -0.304. The molecule has 0 radical (unpaired) electrons. The molecule has 0 bridgehead atoms. The first-order chi connectivity index (χ1) is 7.43. The molecule has 92 valence electrons. The molecule has 6 heteroatoms. The first-order valence-electron chi connectivity index (χ1n) is 5.39. The second kappa shape index (κ2) is 3.87. The summed E-state index contributed by atoms with van der Waals surface area (Å²) >= 11 is 0. The number of aliphatic hydroxyl groups excluding tert-OH is 1. The Labute approximate surface area is 93.5 Å². The minimum Gasteiger partial charge on any atom is -0.465 e. The van der Waals surface area contributed by atoms with Crippen molar-refractivity contribution in [3.8, 4) is 0 Å². The summed E-state index contributed by atoms with van der Waals surface area (Å²) in [5.74, 6) is -0.773. The summed E-state index contributed by atoms with van der Waals surface area (Å²) in [6.07, 6.45) is -1.05. The number of nitrogens with one attached hydrogen (secondary N) is 1. The molecule has 1 saturated carbocycles. The minimum absolute atomic E-state index is 0.0155. The molecule has 6 nitrogen and oxygen atoms in total. The van der Waals surface area contributed by atoms with E-state index in [9.17, 15) is 9.90 Å². The van der Waals surface area contributed by atoms with Crippen LogP contribution in [0.15, 0.2) is 0 Å². The highest BCUT2D eigenvalue weighted by Crippen LogP contribution is 2.41. The average molecular weight is 231 g/mol. The lowest BCUT2D eigenvalue weighted by atomic mass is 10.1. The zero-order valence-corrected chi connectivity index (χ0v) is 9.34. The van der Waals surface area contributed by atoms with Crippen molar-refractivity contribution in [1.29, 1.82) is 0 Å². The van der Waals surface area contributed by atoms with Crippen molar-refractivity contribution in [3.63, 3.8) is 0 Å². The zero-order valence-electron chi connectivity index (χ0n) is 9.34. The average Bonchev–Trinajstić information content (AvgIpc) is 2.60. The van der Waals surface area contributed by atoms with Crippen molar-refractivity contribution in [2.45, 2.75) is 44.3 Å². The molecular weight excluding hydrogens is 214 g/mol. The quantitative estimate of drug-likeness (QED) is 0.630. The van der Waals surface area contributed by atoms with E-state index < -0.39 is 11.9 Å². The fraction of sp³-hybridized carbons (Fsp3) is 0.900. The number of hydrogen-bond donors (Lipinski definition) is 3. The Morgan fingerprint density at radius 1 is 1.44 bits per heavy atom. The number of fused-ring (bicyclic) bond motifs is 1. The van der Waals surface area contributed by atoms with Gasteiger partial charge in [-0.25, -0.2) is 4.79 Å². The summed E-state index contributed by atoms with van der Waals surface area (Å²) in [7, 11) is 0. The molecule has 1 aliphatic carbocycles. The van der Waals surface area contributed by atoms with Crippen LogP contribution in [-0.2, 0) is 9.47 Å². The first kappa shape index (κ1) is 11.6. The van der Waals surface area contributed by atoms with Crippen molar-refractivity contribution < 1.29 is 24.5 Å². The molecule has 0 unspecified atom stereocenters.